The van der Waals surface area contributed by atoms with E-state index in [0.717, 1.165) is 13.1 Å². The predicted octanol–water partition coefficient (Wildman–Crippen LogP) is 3.95. The van der Waals surface area contributed by atoms with Gasteiger partial charge in [0.2, 0.25) is 0 Å². The van der Waals surface area contributed by atoms with Gasteiger partial charge in [0.25, 0.3) is 0 Å². The Morgan fingerprint density at radius 2 is 2.25 bits per heavy atom. The van der Waals surface area contributed by atoms with Gasteiger partial charge in [0, 0.05) is 23.2 Å². The lowest BCUT2D eigenvalue weighted by molar-refractivity contribution is 0.755. The van der Waals surface area contributed by atoms with Crippen LogP contribution in [0.2, 0.25) is 0 Å². The highest BCUT2D eigenvalue weighted by molar-refractivity contribution is 8.00. The molecule has 1 aliphatic rings. The fraction of sp³-hybridized carbons (Fsp3) is 0.429. The molecule has 0 spiro atoms. The molecule has 2 rings (SSSR count). The van der Waals surface area contributed by atoms with Crippen LogP contribution in [0.1, 0.15) is 20.3 Å². The maximum Gasteiger partial charge on any atom is 0.0507 e. The molecule has 0 aromatic heterocycles. The van der Waals surface area contributed by atoms with Gasteiger partial charge < -0.3 is 4.90 Å². The zero-order valence-electron chi connectivity index (χ0n) is 10.1. The molecule has 0 radical (unpaired) electrons. The maximum absolute atomic E-state index is 4.02. The van der Waals surface area contributed by atoms with Crippen LogP contribution in [0.15, 0.2) is 41.3 Å². The van der Waals surface area contributed by atoms with Crippen LogP contribution in [0.5, 0.6) is 0 Å². The minimum absolute atomic E-state index is 0.705. The van der Waals surface area contributed by atoms with E-state index in [4.69, 9.17) is 0 Å². The Kier molecular flexibility index (Phi) is 3.59. The van der Waals surface area contributed by atoms with E-state index in [-0.39, 0.29) is 0 Å². The van der Waals surface area contributed by atoms with Gasteiger partial charge in [0.1, 0.15) is 0 Å². The number of hydrogen-bond acceptors (Lipinski definition) is 2. The van der Waals surface area contributed by atoms with Crippen LogP contribution >= 0.6 is 11.8 Å². The van der Waals surface area contributed by atoms with E-state index in [0.29, 0.717) is 5.25 Å². The zero-order chi connectivity index (χ0) is 11.5. The maximum atomic E-state index is 4.02. The second-order valence-corrected chi connectivity index (χ2v) is 6.04. The average molecular weight is 233 g/mol. The van der Waals surface area contributed by atoms with Crippen molar-refractivity contribution < 1.29 is 0 Å². The number of nitrogens with zero attached hydrogens (tertiary/aromatic N) is 1. The van der Waals surface area contributed by atoms with Gasteiger partial charge >= 0.3 is 0 Å². The monoisotopic (exact) mass is 233 g/mol. The van der Waals surface area contributed by atoms with E-state index in [1.165, 1.54) is 22.6 Å². The molecule has 1 aliphatic heterocycles. The van der Waals surface area contributed by atoms with Crippen LogP contribution < -0.4 is 4.90 Å². The lowest BCUT2D eigenvalue weighted by atomic mass is 10.2. The Hall–Kier alpha value is -0.890. The third-order valence-corrected chi connectivity index (χ3v) is 4.04. The van der Waals surface area contributed by atoms with E-state index < -0.39 is 0 Å². The molecular weight excluding hydrogens is 214 g/mol. The summed E-state index contributed by atoms with van der Waals surface area (Å²) >= 11 is 1.99. The second kappa shape index (κ2) is 4.96. The molecule has 1 aromatic carbocycles. The quantitative estimate of drug-likeness (QED) is 0.711. The summed E-state index contributed by atoms with van der Waals surface area (Å²) in [5, 5.41) is 0.705. The molecule has 1 heterocycles. The van der Waals surface area contributed by atoms with Gasteiger partial charge in [-0.1, -0.05) is 31.2 Å². The molecule has 1 nitrogen and oxygen atoms in total. The second-order valence-electron chi connectivity index (χ2n) is 4.56. The third-order valence-electron chi connectivity index (χ3n) is 2.80. The van der Waals surface area contributed by atoms with Crippen LogP contribution in [0.3, 0.4) is 0 Å². The molecule has 0 amide bonds. The molecule has 86 valence electrons. The summed E-state index contributed by atoms with van der Waals surface area (Å²) in [4.78, 5) is 3.86. The minimum atomic E-state index is 0.705. The van der Waals surface area contributed by atoms with Gasteiger partial charge in [-0.3, -0.25) is 0 Å². The fourth-order valence-electron chi connectivity index (χ4n) is 2.04. The molecule has 0 bridgehead atoms. The highest BCUT2D eigenvalue weighted by atomic mass is 32.2. The summed E-state index contributed by atoms with van der Waals surface area (Å²) in [5.74, 6) is 0. The Morgan fingerprint density at radius 3 is 3.00 bits per heavy atom. The van der Waals surface area contributed by atoms with Crippen LogP contribution in [0, 0.1) is 0 Å². The Bertz CT molecular complexity index is 386. The molecule has 0 fully saturated rings. The fourth-order valence-corrected chi connectivity index (χ4v) is 3.17. The molecule has 1 atom stereocenters. The lowest BCUT2D eigenvalue weighted by Crippen LogP contribution is -2.26. The number of thioether (sulfide) groups is 1. The smallest absolute Gasteiger partial charge is 0.0507 e. The largest absolute Gasteiger partial charge is 0.367 e. The van der Waals surface area contributed by atoms with E-state index >= 15 is 0 Å². The van der Waals surface area contributed by atoms with Crippen molar-refractivity contribution in [2.45, 2.75) is 30.4 Å². The van der Waals surface area contributed by atoms with Crippen molar-refractivity contribution in [3.63, 3.8) is 0 Å². The number of benzene rings is 1. The van der Waals surface area contributed by atoms with E-state index in [1.54, 1.807) is 0 Å². The number of rotatable bonds is 2. The molecule has 1 aromatic rings. The van der Waals surface area contributed by atoms with Crippen LogP contribution in [0.25, 0.3) is 0 Å². The SMILES string of the molecule is C=C(C)CN1CCC(C)Sc2ccccc21. The first-order valence-electron chi connectivity index (χ1n) is 5.82. The first-order valence-corrected chi connectivity index (χ1v) is 6.70. The molecule has 1 unspecified atom stereocenters. The van der Waals surface area contributed by atoms with Crippen LogP contribution in [0.4, 0.5) is 5.69 Å². The number of hydrogen-bond donors (Lipinski definition) is 0. The summed E-state index contributed by atoms with van der Waals surface area (Å²) in [7, 11) is 0. The van der Waals surface area contributed by atoms with E-state index in [1.807, 2.05) is 11.8 Å². The number of anilines is 1. The van der Waals surface area contributed by atoms with Crippen LogP contribution in [-0.2, 0) is 0 Å². The summed E-state index contributed by atoms with van der Waals surface area (Å²) in [6.45, 7) is 10.5. The summed E-state index contributed by atoms with van der Waals surface area (Å²) in [6.07, 6.45) is 1.24. The standard InChI is InChI=1S/C14H19NS/c1-11(2)10-15-9-8-12(3)16-14-7-5-4-6-13(14)15/h4-7,12H,1,8-10H2,2-3H3. The van der Waals surface area contributed by atoms with Crippen molar-refractivity contribution >= 4 is 17.4 Å². The predicted molar refractivity (Wildman–Crippen MR) is 73.4 cm³/mol. The third kappa shape index (κ3) is 2.62. The van der Waals surface area contributed by atoms with Crippen molar-refractivity contribution in [1.82, 2.24) is 0 Å². The van der Waals surface area contributed by atoms with E-state index in [2.05, 4.69) is 49.6 Å². The van der Waals surface area contributed by atoms with Gasteiger partial charge in [-0.15, -0.1) is 11.8 Å². The first kappa shape index (κ1) is 11.6. The van der Waals surface area contributed by atoms with E-state index in [9.17, 15) is 0 Å². The normalized spacial score (nSPS) is 20.1. The summed E-state index contributed by atoms with van der Waals surface area (Å²) in [5.41, 5.74) is 2.61. The summed E-state index contributed by atoms with van der Waals surface area (Å²) in [6, 6.07) is 8.71. The van der Waals surface area contributed by atoms with Gasteiger partial charge in [0.15, 0.2) is 0 Å². The van der Waals surface area contributed by atoms with Crippen molar-refractivity contribution in [2.75, 3.05) is 18.0 Å². The van der Waals surface area contributed by atoms with Gasteiger partial charge in [-0.05, 0) is 25.5 Å². The van der Waals surface area contributed by atoms with Crippen LogP contribution in [-0.4, -0.2) is 18.3 Å². The molecule has 0 saturated heterocycles. The number of para-hydroxylation sites is 1. The van der Waals surface area contributed by atoms with Crippen molar-refractivity contribution in [3.05, 3.63) is 36.4 Å². The lowest BCUT2D eigenvalue weighted by Gasteiger charge is -2.24. The Morgan fingerprint density at radius 1 is 1.50 bits per heavy atom. The molecule has 2 heteroatoms. The molecular formula is C14H19NS. The van der Waals surface area contributed by atoms with Gasteiger partial charge in [-0.2, -0.15) is 0 Å². The van der Waals surface area contributed by atoms with Gasteiger partial charge in [-0.25, -0.2) is 0 Å². The molecule has 0 saturated carbocycles. The average Bonchev–Trinajstić information content (AvgIpc) is 2.38. The van der Waals surface area contributed by atoms with Crippen molar-refractivity contribution in [3.8, 4) is 0 Å². The summed E-state index contributed by atoms with van der Waals surface area (Å²) < 4.78 is 0. The Labute approximate surface area is 103 Å². The van der Waals surface area contributed by atoms with Gasteiger partial charge in [0.05, 0.1) is 5.69 Å². The number of fused-ring (bicyclic) bond motifs is 1. The highest BCUT2D eigenvalue weighted by Crippen LogP contribution is 2.37. The van der Waals surface area contributed by atoms with Crippen molar-refractivity contribution in [2.24, 2.45) is 0 Å². The molecule has 0 N–H and O–H groups in total. The minimum Gasteiger partial charge on any atom is -0.367 e. The highest BCUT2D eigenvalue weighted by Gasteiger charge is 2.18. The molecule has 16 heavy (non-hydrogen) atoms. The Balaban J connectivity index is 2.30. The zero-order valence-corrected chi connectivity index (χ0v) is 10.9. The van der Waals surface area contributed by atoms with Crippen molar-refractivity contribution in [1.29, 1.82) is 0 Å². The molecule has 0 aliphatic carbocycles. The first-order chi connectivity index (χ1) is 7.66. The topological polar surface area (TPSA) is 3.24 Å².